The smallest absolute Gasteiger partial charge is 0.349 e. The van der Waals surface area contributed by atoms with Gasteiger partial charge in [-0.25, -0.2) is 10.2 Å². The molecule has 0 aliphatic heterocycles. The molecule has 3 rings (SSSR count). The molecule has 9 heteroatoms. The van der Waals surface area contributed by atoms with Crippen molar-refractivity contribution in [2.24, 2.45) is 5.10 Å². The average molecular weight is 483 g/mol. The molecule has 0 aliphatic rings. The van der Waals surface area contributed by atoms with E-state index in [2.05, 4.69) is 10.5 Å². The molecule has 0 bridgehead atoms. The summed E-state index contributed by atoms with van der Waals surface area (Å²) in [6.07, 6.45) is 1.46. The minimum Gasteiger partial charge on any atom is -0.497 e. The van der Waals surface area contributed by atoms with Crippen LogP contribution in [0.25, 0.3) is 0 Å². The van der Waals surface area contributed by atoms with Gasteiger partial charge in [0.25, 0.3) is 5.91 Å². The topological polar surface area (TPSA) is 95.5 Å². The van der Waals surface area contributed by atoms with Gasteiger partial charge in [0.05, 0.1) is 13.3 Å². The minimum atomic E-state index is -0.542. The second-order valence-electron chi connectivity index (χ2n) is 7.00. The Bertz CT molecular complexity index is 1150. The zero-order valence-electron chi connectivity index (χ0n) is 18.6. The molecule has 3 aromatic carbocycles. The maximum atomic E-state index is 12.0. The Labute approximate surface area is 202 Å². The second kappa shape index (κ2) is 12.3. The van der Waals surface area contributed by atoms with Gasteiger partial charge >= 0.3 is 5.97 Å². The molecular weight excluding hydrogens is 460 g/mol. The third-order valence-corrected chi connectivity index (χ3v) is 4.66. The molecule has 34 heavy (non-hydrogen) atoms. The molecule has 0 spiro atoms. The predicted molar refractivity (Wildman–Crippen MR) is 128 cm³/mol. The van der Waals surface area contributed by atoms with Gasteiger partial charge in [-0.2, -0.15) is 5.10 Å². The van der Waals surface area contributed by atoms with Crippen LogP contribution in [0.15, 0.2) is 71.8 Å². The Morgan fingerprint density at radius 1 is 0.912 bits per heavy atom. The summed E-state index contributed by atoms with van der Waals surface area (Å²) < 4.78 is 21.2. The van der Waals surface area contributed by atoms with Crippen molar-refractivity contribution in [3.8, 4) is 23.0 Å². The van der Waals surface area contributed by atoms with Crippen molar-refractivity contribution < 1.29 is 28.5 Å². The third-order valence-electron chi connectivity index (χ3n) is 4.43. The van der Waals surface area contributed by atoms with Crippen LogP contribution in [0.1, 0.15) is 11.1 Å². The van der Waals surface area contributed by atoms with Crippen molar-refractivity contribution in [3.63, 3.8) is 0 Å². The Morgan fingerprint density at radius 3 is 2.26 bits per heavy atom. The summed E-state index contributed by atoms with van der Waals surface area (Å²) in [6, 6.07) is 18.6. The number of nitrogens with one attached hydrogen (secondary N) is 1. The summed E-state index contributed by atoms with van der Waals surface area (Å²) in [5, 5.41) is 4.48. The van der Waals surface area contributed by atoms with Crippen molar-refractivity contribution in [1.82, 2.24) is 5.43 Å². The first-order valence-corrected chi connectivity index (χ1v) is 10.6. The minimum absolute atomic E-state index is 0.184. The van der Waals surface area contributed by atoms with Crippen LogP contribution in [-0.4, -0.2) is 38.4 Å². The first-order valence-electron chi connectivity index (χ1n) is 10.2. The fourth-order valence-corrected chi connectivity index (χ4v) is 2.95. The number of carbonyl (C=O) groups is 2. The lowest BCUT2D eigenvalue weighted by Crippen LogP contribution is -2.24. The molecule has 0 heterocycles. The highest BCUT2D eigenvalue weighted by Gasteiger charge is 2.08. The van der Waals surface area contributed by atoms with Crippen molar-refractivity contribution in [3.05, 3.63) is 82.9 Å². The summed E-state index contributed by atoms with van der Waals surface area (Å²) in [6.45, 7) is 1.41. The normalized spacial score (nSPS) is 10.6. The quantitative estimate of drug-likeness (QED) is 0.202. The zero-order chi connectivity index (χ0) is 24.3. The van der Waals surface area contributed by atoms with Crippen molar-refractivity contribution >= 4 is 29.7 Å². The van der Waals surface area contributed by atoms with Crippen LogP contribution < -0.4 is 24.4 Å². The number of halogens is 1. The number of ether oxygens (including phenoxy) is 4. The lowest BCUT2D eigenvalue weighted by atomic mass is 10.2. The molecule has 0 saturated heterocycles. The monoisotopic (exact) mass is 482 g/mol. The summed E-state index contributed by atoms with van der Waals surface area (Å²) in [5.74, 6) is 1.20. The van der Waals surface area contributed by atoms with Crippen molar-refractivity contribution in [2.45, 2.75) is 6.92 Å². The number of hydrazone groups is 1. The van der Waals surface area contributed by atoms with Gasteiger partial charge in [-0.1, -0.05) is 11.6 Å². The van der Waals surface area contributed by atoms with Crippen LogP contribution in [0, 0.1) is 6.92 Å². The SMILES string of the molecule is COc1ccc(OCC(=O)N/N=C/c2ccc(OC(=O)COc3ccc(Cl)cc3C)cc2)cc1. The Hall–Kier alpha value is -4.04. The zero-order valence-corrected chi connectivity index (χ0v) is 19.4. The molecule has 0 aliphatic carbocycles. The fraction of sp³-hybridized carbons (Fsp3) is 0.160. The highest BCUT2D eigenvalue weighted by atomic mass is 35.5. The van der Waals surface area contributed by atoms with E-state index in [0.29, 0.717) is 33.6 Å². The molecule has 176 valence electrons. The molecule has 0 unspecified atom stereocenters. The largest absolute Gasteiger partial charge is 0.497 e. The van der Waals surface area contributed by atoms with E-state index in [0.717, 1.165) is 5.56 Å². The lowest BCUT2D eigenvalue weighted by molar-refractivity contribution is -0.136. The van der Waals surface area contributed by atoms with E-state index in [1.54, 1.807) is 73.8 Å². The van der Waals surface area contributed by atoms with E-state index in [-0.39, 0.29) is 13.2 Å². The van der Waals surface area contributed by atoms with Crippen LogP contribution in [0.3, 0.4) is 0 Å². The number of hydrogen-bond acceptors (Lipinski definition) is 7. The molecule has 1 N–H and O–H groups in total. The standard InChI is InChI=1S/C25H23ClN2O6/c1-17-13-19(26)5-12-23(17)33-16-25(30)34-22-6-3-18(4-7-22)14-27-28-24(29)15-32-21-10-8-20(31-2)9-11-21/h3-14H,15-16H2,1-2H3,(H,28,29)/b27-14+. The maximum Gasteiger partial charge on any atom is 0.349 e. The van der Waals surface area contributed by atoms with Gasteiger partial charge in [0.15, 0.2) is 13.2 Å². The first kappa shape index (κ1) is 24.6. The maximum absolute atomic E-state index is 12.0. The number of amides is 1. The summed E-state index contributed by atoms with van der Waals surface area (Å²) in [7, 11) is 1.57. The van der Waals surface area contributed by atoms with Gasteiger partial charge in [-0.15, -0.1) is 0 Å². The predicted octanol–water partition coefficient (Wildman–Crippen LogP) is 4.17. The van der Waals surface area contributed by atoms with Gasteiger partial charge in [-0.05, 0) is 84.8 Å². The van der Waals surface area contributed by atoms with Crippen LogP contribution >= 0.6 is 11.6 Å². The molecular formula is C25H23ClN2O6. The molecule has 0 radical (unpaired) electrons. The number of methoxy groups -OCH3 is 1. The first-order chi connectivity index (χ1) is 16.4. The van der Waals surface area contributed by atoms with E-state index < -0.39 is 11.9 Å². The fourth-order valence-electron chi connectivity index (χ4n) is 2.73. The molecule has 0 saturated carbocycles. The van der Waals surface area contributed by atoms with E-state index in [1.165, 1.54) is 6.21 Å². The van der Waals surface area contributed by atoms with E-state index >= 15 is 0 Å². The average Bonchev–Trinajstić information content (AvgIpc) is 2.83. The molecule has 0 fully saturated rings. The number of esters is 1. The van der Waals surface area contributed by atoms with Gasteiger partial charge in [-0.3, -0.25) is 4.79 Å². The Morgan fingerprint density at radius 2 is 1.59 bits per heavy atom. The van der Waals surface area contributed by atoms with Crippen molar-refractivity contribution in [2.75, 3.05) is 20.3 Å². The summed E-state index contributed by atoms with van der Waals surface area (Å²) in [4.78, 5) is 23.9. The molecule has 0 aromatic heterocycles. The van der Waals surface area contributed by atoms with Gasteiger partial charge in [0, 0.05) is 5.02 Å². The number of nitrogens with zero attached hydrogens (tertiary/aromatic N) is 1. The molecule has 0 atom stereocenters. The summed E-state index contributed by atoms with van der Waals surface area (Å²) >= 11 is 5.91. The van der Waals surface area contributed by atoms with Crippen LogP contribution in [0.5, 0.6) is 23.0 Å². The second-order valence-corrected chi connectivity index (χ2v) is 7.44. The number of carbonyl (C=O) groups excluding carboxylic acids is 2. The van der Waals surface area contributed by atoms with E-state index in [4.69, 9.17) is 30.5 Å². The number of rotatable bonds is 10. The summed E-state index contributed by atoms with van der Waals surface area (Å²) in [5.41, 5.74) is 3.90. The molecule has 3 aromatic rings. The van der Waals surface area contributed by atoms with Gasteiger partial charge < -0.3 is 18.9 Å². The Kier molecular flexibility index (Phi) is 8.88. The van der Waals surface area contributed by atoms with E-state index in [1.807, 2.05) is 6.92 Å². The van der Waals surface area contributed by atoms with Gasteiger partial charge in [0.1, 0.15) is 23.0 Å². The van der Waals surface area contributed by atoms with Crippen molar-refractivity contribution in [1.29, 1.82) is 0 Å². The molecule has 8 nitrogen and oxygen atoms in total. The van der Waals surface area contributed by atoms with Crippen LogP contribution in [0.2, 0.25) is 5.02 Å². The van der Waals surface area contributed by atoms with Crippen LogP contribution in [0.4, 0.5) is 0 Å². The lowest BCUT2D eigenvalue weighted by Gasteiger charge is -2.09. The Balaban J connectivity index is 1.40. The highest BCUT2D eigenvalue weighted by molar-refractivity contribution is 6.30. The number of aryl methyl sites for hydroxylation is 1. The molecule has 1 amide bonds. The number of hydrogen-bond donors (Lipinski definition) is 1. The van der Waals surface area contributed by atoms with Crippen LogP contribution in [-0.2, 0) is 9.59 Å². The third kappa shape index (κ3) is 7.83. The van der Waals surface area contributed by atoms with E-state index in [9.17, 15) is 9.59 Å². The number of benzene rings is 3. The van der Waals surface area contributed by atoms with Gasteiger partial charge in [0.2, 0.25) is 0 Å². The highest BCUT2D eigenvalue weighted by Crippen LogP contribution is 2.22.